The predicted octanol–water partition coefficient (Wildman–Crippen LogP) is 2.24. The summed E-state index contributed by atoms with van der Waals surface area (Å²) in [5.41, 5.74) is 1.07. The molecule has 1 aromatic rings. The Kier molecular flexibility index (Phi) is 5.26. The Balaban J connectivity index is 1.88. The van der Waals surface area contributed by atoms with Crippen molar-refractivity contribution < 1.29 is 0 Å². The first-order valence-electron chi connectivity index (χ1n) is 6.70. The Bertz CT molecular complexity index is 355. The van der Waals surface area contributed by atoms with Gasteiger partial charge in [-0.25, -0.2) is 4.98 Å². The summed E-state index contributed by atoms with van der Waals surface area (Å²) >= 11 is 2.10. The van der Waals surface area contributed by atoms with Crippen LogP contribution in [0.15, 0.2) is 12.4 Å². The molecule has 18 heavy (non-hydrogen) atoms. The normalized spacial score (nSPS) is 20.9. The van der Waals surface area contributed by atoms with Gasteiger partial charge in [-0.15, -0.1) is 0 Å². The van der Waals surface area contributed by atoms with E-state index in [1.165, 1.54) is 18.7 Å². The van der Waals surface area contributed by atoms with Crippen LogP contribution in [-0.2, 0) is 6.54 Å². The SMILES string of the molecule is CCNc1cnc(CN2CCSC(CC)C2)cn1. The topological polar surface area (TPSA) is 41.1 Å². The summed E-state index contributed by atoms with van der Waals surface area (Å²) in [7, 11) is 0. The van der Waals surface area contributed by atoms with Gasteiger partial charge in [0.05, 0.1) is 18.1 Å². The van der Waals surface area contributed by atoms with Crippen molar-refractivity contribution in [2.45, 2.75) is 32.1 Å². The van der Waals surface area contributed by atoms with E-state index < -0.39 is 0 Å². The van der Waals surface area contributed by atoms with Crippen molar-refractivity contribution in [2.24, 2.45) is 0 Å². The molecule has 1 N–H and O–H groups in total. The first kappa shape index (κ1) is 13.6. The number of hydrogen-bond donors (Lipinski definition) is 1. The van der Waals surface area contributed by atoms with E-state index in [1.54, 1.807) is 0 Å². The van der Waals surface area contributed by atoms with Crippen molar-refractivity contribution in [2.75, 3.05) is 30.7 Å². The van der Waals surface area contributed by atoms with Gasteiger partial charge in [-0.1, -0.05) is 6.92 Å². The lowest BCUT2D eigenvalue weighted by molar-refractivity contribution is 0.270. The average Bonchev–Trinajstić information content (AvgIpc) is 2.42. The molecule has 1 atom stereocenters. The molecule has 0 radical (unpaired) electrons. The zero-order valence-electron chi connectivity index (χ0n) is 11.2. The van der Waals surface area contributed by atoms with Crippen molar-refractivity contribution in [3.05, 3.63) is 18.1 Å². The fraction of sp³-hybridized carbons (Fsp3) is 0.692. The first-order chi connectivity index (χ1) is 8.81. The summed E-state index contributed by atoms with van der Waals surface area (Å²) < 4.78 is 0. The maximum Gasteiger partial charge on any atom is 0.144 e. The number of thioether (sulfide) groups is 1. The number of nitrogens with zero attached hydrogens (tertiary/aromatic N) is 3. The summed E-state index contributed by atoms with van der Waals surface area (Å²) in [6.45, 7) is 8.49. The Labute approximate surface area is 114 Å². The molecule has 2 rings (SSSR count). The molecule has 1 fully saturated rings. The minimum atomic E-state index is 0.785. The molecule has 2 heterocycles. The first-order valence-corrected chi connectivity index (χ1v) is 7.75. The van der Waals surface area contributed by atoms with Crippen LogP contribution in [0, 0.1) is 0 Å². The van der Waals surface area contributed by atoms with Crippen molar-refractivity contribution in [1.29, 1.82) is 0 Å². The quantitative estimate of drug-likeness (QED) is 0.885. The molecule has 0 spiro atoms. The second-order valence-corrected chi connectivity index (χ2v) is 5.97. The number of aromatic nitrogens is 2. The van der Waals surface area contributed by atoms with Crippen molar-refractivity contribution in [3.8, 4) is 0 Å². The molecule has 5 heteroatoms. The van der Waals surface area contributed by atoms with Gasteiger partial charge in [-0.3, -0.25) is 9.88 Å². The van der Waals surface area contributed by atoms with Gasteiger partial charge in [0, 0.05) is 37.2 Å². The van der Waals surface area contributed by atoms with Gasteiger partial charge in [0.15, 0.2) is 0 Å². The molecular formula is C13H22N4S. The largest absolute Gasteiger partial charge is 0.369 e. The molecule has 1 aliphatic rings. The van der Waals surface area contributed by atoms with Crippen LogP contribution in [0.2, 0.25) is 0 Å². The van der Waals surface area contributed by atoms with Gasteiger partial charge in [-0.05, 0) is 13.3 Å². The summed E-state index contributed by atoms with van der Waals surface area (Å²) in [5, 5.41) is 3.95. The van der Waals surface area contributed by atoms with Gasteiger partial charge >= 0.3 is 0 Å². The maximum atomic E-state index is 4.47. The molecule has 1 aromatic heterocycles. The predicted molar refractivity (Wildman–Crippen MR) is 78.0 cm³/mol. The number of anilines is 1. The van der Waals surface area contributed by atoms with E-state index in [9.17, 15) is 0 Å². The number of rotatable bonds is 5. The number of hydrogen-bond acceptors (Lipinski definition) is 5. The lowest BCUT2D eigenvalue weighted by Gasteiger charge is -2.31. The zero-order chi connectivity index (χ0) is 12.8. The summed E-state index contributed by atoms with van der Waals surface area (Å²) in [6.07, 6.45) is 4.97. The van der Waals surface area contributed by atoms with Crippen LogP contribution in [0.3, 0.4) is 0 Å². The highest BCUT2D eigenvalue weighted by atomic mass is 32.2. The fourth-order valence-electron chi connectivity index (χ4n) is 2.11. The van der Waals surface area contributed by atoms with Crippen molar-refractivity contribution >= 4 is 17.6 Å². The maximum absolute atomic E-state index is 4.47. The third-order valence-corrected chi connectivity index (χ3v) is 4.50. The van der Waals surface area contributed by atoms with E-state index in [2.05, 4.69) is 45.8 Å². The molecule has 0 aliphatic carbocycles. The van der Waals surface area contributed by atoms with Gasteiger partial charge in [0.2, 0.25) is 0 Å². The molecule has 0 bridgehead atoms. The van der Waals surface area contributed by atoms with Crippen LogP contribution in [0.1, 0.15) is 26.0 Å². The van der Waals surface area contributed by atoms with Crippen LogP contribution in [0.25, 0.3) is 0 Å². The highest BCUT2D eigenvalue weighted by molar-refractivity contribution is 8.00. The fourth-order valence-corrected chi connectivity index (χ4v) is 3.36. The smallest absolute Gasteiger partial charge is 0.144 e. The third-order valence-electron chi connectivity index (χ3n) is 3.13. The minimum absolute atomic E-state index is 0.785. The summed E-state index contributed by atoms with van der Waals surface area (Å²) in [5.74, 6) is 2.10. The minimum Gasteiger partial charge on any atom is -0.369 e. The van der Waals surface area contributed by atoms with Crippen molar-refractivity contribution in [1.82, 2.24) is 14.9 Å². The standard InChI is InChI=1S/C13H22N4S/c1-3-12-10-17(5-6-18-12)9-11-7-16-13(8-15-11)14-4-2/h7-8,12H,3-6,9-10H2,1-2H3,(H,14,16). The van der Waals surface area contributed by atoms with Crippen LogP contribution in [0.4, 0.5) is 5.82 Å². The van der Waals surface area contributed by atoms with Gasteiger partial charge in [0.25, 0.3) is 0 Å². The van der Waals surface area contributed by atoms with Crippen LogP contribution >= 0.6 is 11.8 Å². The molecule has 100 valence electrons. The van der Waals surface area contributed by atoms with Gasteiger partial charge in [0.1, 0.15) is 5.82 Å². The summed E-state index contributed by atoms with van der Waals surface area (Å²) in [4.78, 5) is 11.3. The van der Waals surface area contributed by atoms with E-state index in [4.69, 9.17) is 0 Å². The molecule has 4 nitrogen and oxygen atoms in total. The second kappa shape index (κ2) is 6.95. The molecular weight excluding hydrogens is 244 g/mol. The lowest BCUT2D eigenvalue weighted by atomic mass is 10.3. The highest BCUT2D eigenvalue weighted by Crippen LogP contribution is 2.21. The van der Waals surface area contributed by atoms with Gasteiger partial charge < -0.3 is 5.32 Å². The average molecular weight is 266 g/mol. The molecule has 0 saturated carbocycles. The monoisotopic (exact) mass is 266 g/mol. The molecule has 1 aliphatic heterocycles. The molecule has 1 saturated heterocycles. The molecule has 0 amide bonds. The van der Waals surface area contributed by atoms with E-state index in [0.717, 1.165) is 36.4 Å². The van der Waals surface area contributed by atoms with E-state index in [1.807, 2.05) is 12.4 Å². The van der Waals surface area contributed by atoms with Crippen LogP contribution < -0.4 is 5.32 Å². The molecule has 0 aromatic carbocycles. The lowest BCUT2D eigenvalue weighted by Crippen LogP contribution is -2.37. The van der Waals surface area contributed by atoms with E-state index in [-0.39, 0.29) is 0 Å². The Hall–Kier alpha value is -0.810. The van der Waals surface area contributed by atoms with Gasteiger partial charge in [-0.2, -0.15) is 11.8 Å². The summed E-state index contributed by atoms with van der Waals surface area (Å²) in [6, 6.07) is 0. The van der Waals surface area contributed by atoms with Crippen LogP contribution in [0.5, 0.6) is 0 Å². The highest BCUT2D eigenvalue weighted by Gasteiger charge is 2.19. The number of nitrogens with one attached hydrogen (secondary N) is 1. The van der Waals surface area contributed by atoms with E-state index in [0.29, 0.717) is 0 Å². The van der Waals surface area contributed by atoms with E-state index >= 15 is 0 Å². The molecule has 1 unspecified atom stereocenters. The third kappa shape index (κ3) is 3.85. The van der Waals surface area contributed by atoms with Crippen LogP contribution in [-0.4, -0.2) is 45.5 Å². The Morgan fingerprint density at radius 2 is 2.28 bits per heavy atom. The zero-order valence-corrected chi connectivity index (χ0v) is 12.0. The Morgan fingerprint density at radius 1 is 1.39 bits per heavy atom. The van der Waals surface area contributed by atoms with Crippen molar-refractivity contribution in [3.63, 3.8) is 0 Å². The second-order valence-electron chi connectivity index (χ2n) is 4.56. The Morgan fingerprint density at radius 3 is 2.94 bits per heavy atom.